The zero-order chi connectivity index (χ0) is 22.6. The van der Waals surface area contributed by atoms with Crippen LogP contribution in [0.5, 0.6) is 5.75 Å². The Bertz CT molecular complexity index is 1050. The molecule has 2 N–H and O–H groups in total. The van der Waals surface area contributed by atoms with E-state index in [9.17, 15) is 13.2 Å². The molecule has 1 aliphatic rings. The van der Waals surface area contributed by atoms with E-state index in [4.69, 9.17) is 4.74 Å². The Morgan fingerprint density at radius 1 is 1.00 bits per heavy atom. The molecule has 2 aromatic carbocycles. The summed E-state index contributed by atoms with van der Waals surface area (Å²) in [5, 5.41) is 5.77. The summed E-state index contributed by atoms with van der Waals surface area (Å²) < 4.78 is 46.2. The molecule has 0 saturated heterocycles. The van der Waals surface area contributed by atoms with Crippen molar-refractivity contribution >= 4 is 23.1 Å². The molecule has 168 valence electrons. The molecular formula is C24H25F3N4O. The summed E-state index contributed by atoms with van der Waals surface area (Å²) in [6, 6.07) is 14.7. The molecule has 8 heteroatoms. The predicted octanol–water partition coefficient (Wildman–Crippen LogP) is 7.04. The second-order valence-electron chi connectivity index (χ2n) is 7.74. The highest BCUT2D eigenvalue weighted by Crippen LogP contribution is 2.37. The van der Waals surface area contributed by atoms with Gasteiger partial charge in [0, 0.05) is 11.9 Å². The minimum Gasteiger partial charge on any atom is -0.492 e. The van der Waals surface area contributed by atoms with Crippen molar-refractivity contribution in [2.75, 3.05) is 17.2 Å². The lowest BCUT2D eigenvalue weighted by Crippen LogP contribution is -2.13. The number of nitrogens with zero attached hydrogens (tertiary/aromatic N) is 2. The van der Waals surface area contributed by atoms with E-state index >= 15 is 0 Å². The number of aromatic nitrogens is 2. The van der Waals surface area contributed by atoms with Crippen molar-refractivity contribution in [1.29, 1.82) is 0 Å². The van der Waals surface area contributed by atoms with Crippen molar-refractivity contribution in [3.8, 4) is 5.75 Å². The first-order chi connectivity index (χ1) is 15.4. The minimum atomic E-state index is -4.61. The maximum Gasteiger partial charge on any atom is 0.421 e. The molecule has 1 fully saturated rings. The maximum absolute atomic E-state index is 13.6. The number of para-hydroxylation sites is 2. The highest BCUT2D eigenvalue weighted by atomic mass is 19.4. The lowest BCUT2D eigenvalue weighted by molar-refractivity contribution is -0.137. The third-order valence-electron chi connectivity index (χ3n) is 5.53. The van der Waals surface area contributed by atoms with Crippen molar-refractivity contribution in [3.05, 3.63) is 65.9 Å². The molecule has 0 bridgehead atoms. The highest BCUT2D eigenvalue weighted by molar-refractivity contribution is 5.67. The van der Waals surface area contributed by atoms with E-state index in [2.05, 4.69) is 32.7 Å². The SMILES string of the molecule is CCOc1ccccc1Nc1nc(Nc2ccc(C3CCCC3)cc2)ncc1C(F)(F)F. The van der Waals surface area contributed by atoms with Gasteiger partial charge >= 0.3 is 6.18 Å². The number of ether oxygens (including phenoxy) is 1. The largest absolute Gasteiger partial charge is 0.492 e. The van der Waals surface area contributed by atoms with E-state index < -0.39 is 11.7 Å². The first-order valence-electron chi connectivity index (χ1n) is 10.7. The molecule has 0 atom stereocenters. The molecule has 3 aromatic rings. The molecule has 1 aliphatic carbocycles. The van der Waals surface area contributed by atoms with Gasteiger partial charge in [-0.05, 0) is 55.5 Å². The summed E-state index contributed by atoms with van der Waals surface area (Å²) >= 11 is 0. The average Bonchev–Trinajstić information content (AvgIpc) is 3.30. The lowest BCUT2D eigenvalue weighted by Gasteiger charge is -2.17. The number of hydrogen-bond donors (Lipinski definition) is 2. The van der Waals surface area contributed by atoms with E-state index in [1.54, 1.807) is 24.3 Å². The Labute approximate surface area is 185 Å². The third kappa shape index (κ3) is 5.12. The van der Waals surface area contributed by atoms with Gasteiger partial charge in [-0.1, -0.05) is 37.1 Å². The first-order valence-corrected chi connectivity index (χ1v) is 10.7. The van der Waals surface area contributed by atoms with Crippen molar-refractivity contribution in [3.63, 3.8) is 0 Å². The van der Waals surface area contributed by atoms with Crippen LogP contribution in [0.3, 0.4) is 0 Å². The zero-order valence-electron chi connectivity index (χ0n) is 17.7. The van der Waals surface area contributed by atoms with E-state index in [0.29, 0.717) is 29.6 Å². The standard InChI is InChI=1S/C24H25F3N4O/c1-2-32-21-10-6-5-9-20(21)30-22-19(24(25,26)27)15-28-23(31-22)29-18-13-11-17(12-14-18)16-7-3-4-8-16/h5-6,9-16H,2-4,7-8H2,1H3,(H2,28,29,30,31). The zero-order valence-corrected chi connectivity index (χ0v) is 17.7. The summed E-state index contributed by atoms with van der Waals surface area (Å²) in [5.74, 6) is 0.763. The number of rotatable bonds is 7. The van der Waals surface area contributed by atoms with Gasteiger partial charge in [0.15, 0.2) is 0 Å². The van der Waals surface area contributed by atoms with Gasteiger partial charge in [0.05, 0.1) is 12.3 Å². The second-order valence-corrected chi connectivity index (χ2v) is 7.74. The van der Waals surface area contributed by atoms with E-state index in [1.807, 2.05) is 19.1 Å². The quantitative estimate of drug-likeness (QED) is 0.411. The normalized spacial score (nSPS) is 14.4. The van der Waals surface area contributed by atoms with Crippen LogP contribution in [0.25, 0.3) is 0 Å². The molecule has 0 unspecified atom stereocenters. The first kappa shape index (κ1) is 21.9. The van der Waals surface area contributed by atoms with Crippen molar-refractivity contribution in [1.82, 2.24) is 9.97 Å². The van der Waals surface area contributed by atoms with E-state index in [0.717, 1.165) is 6.20 Å². The minimum absolute atomic E-state index is 0.0722. The van der Waals surface area contributed by atoms with Gasteiger partial charge in [-0.2, -0.15) is 18.2 Å². The van der Waals surface area contributed by atoms with E-state index in [-0.39, 0.29) is 11.8 Å². The highest BCUT2D eigenvalue weighted by Gasteiger charge is 2.35. The second kappa shape index (κ2) is 9.46. The molecule has 1 heterocycles. The molecule has 0 amide bonds. The Hall–Kier alpha value is -3.29. The van der Waals surface area contributed by atoms with Gasteiger partial charge in [-0.15, -0.1) is 0 Å². The Kier molecular flexibility index (Phi) is 6.48. The molecule has 0 spiro atoms. The van der Waals surface area contributed by atoms with Crippen molar-refractivity contribution in [2.24, 2.45) is 0 Å². The molecule has 5 nitrogen and oxygen atoms in total. The summed E-state index contributed by atoms with van der Waals surface area (Å²) in [5.41, 5.74) is 1.44. The molecule has 1 aromatic heterocycles. The van der Waals surface area contributed by atoms with Gasteiger partial charge in [0.25, 0.3) is 0 Å². The van der Waals surface area contributed by atoms with Crippen LogP contribution in [0.15, 0.2) is 54.7 Å². The number of hydrogen-bond acceptors (Lipinski definition) is 5. The van der Waals surface area contributed by atoms with Gasteiger partial charge in [-0.25, -0.2) is 4.98 Å². The molecule has 4 rings (SSSR count). The number of nitrogens with one attached hydrogen (secondary N) is 2. The van der Waals surface area contributed by atoms with Crippen LogP contribution in [0, 0.1) is 0 Å². The van der Waals surface area contributed by atoms with Gasteiger partial charge in [0.1, 0.15) is 17.1 Å². The molecule has 0 radical (unpaired) electrons. The van der Waals surface area contributed by atoms with Gasteiger partial charge in [0.2, 0.25) is 5.95 Å². The van der Waals surface area contributed by atoms with Crippen LogP contribution in [-0.2, 0) is 6.18 Å². The maximum atomic E-state index is 13.6. The Morgan fingerprint density at radius 2 is 1.72 bits per heavy atom. The van der Waals surface area contributed by atoms with Crippen LogP contribution in [0.2, 0.25) is 0 Å². The Morgan fingerprint density at radius 3 is 2.41 bits per heavy atom. The van der Waals surface area contributed by atoms with Crippen molar-refractivity contribution in [2.45, 2.75) is 44.7 Å². The van der Waals surface area contributed by atoms with Crippen LogP contribution in [-0.4, -0.2) is 16.6 Å². The number of halogens is 3. The summed E-state index contributed by atoms with van der Waals surface area (Å²) in [6.07, 6.45) is 1.09. The fourth-order valence-electron chi connectivity index (χ4n) is 3.95. The molecular weight excluding hydrogens is 417 g/mol. The van der Waals surface area contributed by atoms with Gasteiger partial charge in [-0.3, -0.25) is 0 Å². The summed E-state index contributed by atoms with van der Waals surface area (Å²) in [6.45, 7) is 2.20. The van der Waals surface area contributed by atoms with E-state index in [1.165, 1.54) is 31.2 Å². The summed E-state index contributed by atoms with van der Waals surface area (Å²) in [4.78, 5) is 8.01. The monoisotopic (exact) mass is 442 g/mol. The lowest BCUT2D eigenvalue weighted by atomic mass is 9.98. The molecule has 32 heavy (non-hydrogen) atoms. The van der Waals surface area contributed by atoms with Crippen molar-refractivity contribution < 1.29 is 17.9 Å². The number of anilines is 4. The topological polar surface area (TPSA) is 59.1 Å². The third-order valence-corrected chi connectivity index (χ3v) is 5.53. The fraction of sp³-hybridized carbons (Fsp3) is 0.333. The van der Waals surface area contributed by atoms with Crippen LogP contribution >= 0.6 is 0 Å². The molecule has 1 saturated carbocycles. The van der Waals surface area contributed by atoms with Crippen LogP contribution in [0.1, 0.15) is 49.7 Å². The van der Waals surface area contributed by atoms with Gasteiger partial charge < -0.3 is 15.4 Å². The number of benzene rings is 2. The fourth-order valence-corrected chi connectivity index (χ4v) is 3.95. The van der Waals surface area contributed by atoms with Crippen LogP contribution in [0.4, 0.5) is 36.3 Å². The molecule has 0 aliphatic heterocycles. The number of alkyl halides is 3. The summed E-state index contributed by atoms with van der Waals surface area (Å²) in [7, 11) is 0. The average molecular weight is 442 g/mol. The predicted molar refractivity (Wildman–Crippen MR) is 119 cm³/mol. The smallest absolute Gasteiger partial charge is 0.421 e. The van der Waals surface area contributed by atoms with Crippen LogP contribution < -0.4 is 15.4 Å². The Balaban J connectivity index is 1.59.